The van der Waals surface area contributed by atoms with E-state index in [1.54, 1.807) is 10.9 Å². The number of allylic oxidation sites excluding steroid dienone is 1. The Bertz CT molecular complexity index is 978. The minimum atomic E-state index is -0.825. The van der Waals surface area contributed by atoms with Gasteiger partial charge >= 0.3 is 5.97 Å². The molecule has 4 atom stereocenters. The molecule has 0 saturated heterocycles. The molecule has 0 fully saturated rings. The number of fused-ring (bicyclic) bond motifs is 1. The summed E-state index contributed by atoms with van der Waals surface area (Å²) in [5.74, 6) is 1.05. The monoisotopic (exact) mass is 516 g/mol. The Morgan fingerprint density at radius 2 is 1.83 bits per heavy atom. The number of hydrogen-bond donors (Lipinski definition) is 1. The zero-order chi connectivity index (χ0) is 27.3. The molecule has 1 aromatic heterocycles. The molecule has 1 heterocycles. The van der Waals surface area contributed by atoms with Gasteiger partial charge in [0.15, 0.2) is 0 Å². The third-order valence-corrected chi connectivity index (χ3v) is 7.31. The second kappa shape index (κ2) is 16.5. The first-order chi connectivity index (χ1) is 17.1. The lowest BCUT2D eigenvalue weighted by atomic mass is 9.88. The van der Waals surface area contributed by atoms with Crippen LogP contribution >= 0.6 is 0 Å². The van der Waals surface area contributed by atoms with Gasteiger partial charge in [0.25, 0.3) is 0 Å². The molecule has 2 aromatic rings. The van der Waals surface area contributed by atoms with Gasteiger partial charge in [-0.25, -0.2) is 0 Å². The second-order valence-electron chi connectivity index (χ2n) is 10.1. The average molecular weight is 517 g/mol. The van der Waals surface area contributed by atoms with Gasteiger partial charge in [-0.1, -0.05) is 83.5 Å². The first-order valence-corrected chi connectivity index (χ1v) is 15.0. The molecule has 6 heteroatoms. The Labute approximate surface area is 221 Å². The van der Waals surface area contributed by atoms with Gasteiger partial charge in [0, 0.05) is 28.7 Å². The molecule has 0 bridgehead atoms. The van der Waals surface area contributed by atoms with Gasteiger partial charge in [-0.05, 0) is 62.0 Å². The van der Waals surface area contributed by atoms with E-state index < -0.39 is 16.8 Å². The Morgan fingerprint density at radius 3 is 2.36 bits per heavy atom. The summed E-state index contributed by atoms with van der Waals surface area (Å²) in [7, 11) is -0.715. The van der Waals surface area contributed by atoms with E-state index in [9.17, 15) is 9.00 Å². The van der Waals surface area contributed by atoms with Crippen molar-refractivity contribution in [2.24, 2.45) is 5.92 Å². The van der Waals surface area contributed by atoms with Crippen molar-refractivity contribution in [2.75, 3.05) is 6.26 Å². The standard InChI is InChI=1S/C14H18OS.C10H14N2O2.C4H10.C2H6/c1-11-4-3-5-13(10-11)12-6-8-14(9-7-12)16(2)15;1-7-3-2-4-9-8(7)5-11-12(9)6-10(13)14;1-4(2)3;1-2/h3-6,8,10,12,14H,7,9H2,1-2H3;5,7H,2-4,6H2,1H3,(H,13,14);4H,1-3H3;1-2H3. The number of carboxylic acid groups (broad SMARTS) is 1. The minimum absolute atomic E-state index is 0.0119. The smallest absolute Gasteiger partial charge is 0.325 e. The molecule has 0 spiro atoms. The fourth-order valence-electron chi connectivity index (χ4n) is 4.36. The summed E-state index contributed by atoms with van der Waals surface area (Å²) in [5.41, 5.74) is 5.05. The third kappa shape index (κ3) is 10.8. The quantitative estimate of drug-likeness (QED) is 0.434. The summed E-state index contributed by atoms with van der Waals surface area (Å²) < 4.78 is 13.0. The molecular weight excluding hydrogens is 468 g/mol. The minimum Gasteiger partial charge on any atom is -0.480 e. The molecular formula is C30H48N2O3S. The van der Waals surface area contributed by atoms with Crippen molar-refractivity contribution in [1.29, 1.82) is 0 Å². The number of carbonyl (C=O) groups is 1. The van der Waals surface area contributed by atoms with Gasteiger partial charge in [0.1, 0.15) is 6.54 Å². The lowest BCUT2D eigenvalue weighted by Crippen LogP contribution is -2.16. The van der Waals surface area contributed by atoms with E-state index in [-0.39, 0.29) is 11.8 Å². The maximum Gasteiger partial charge on any atom is 0.325 e. The van der Waals surface area contributed by atoms with E-state index in [2.05, 4.69) is 76.1 Å². The van der Waals surface area contributed by atoms with Crippen LogP contribution in [0.4, 0.5) is 0 Å². The molecule has 1 aromatic carbocycles. The lowest BCUT2D eigenvalue weighted by Gasteiger charge is -2.22. The normalized spacial score (nSPS) is 21.0. The number of nitrogens with zero attached hydrogens (tertiary/aromatic N) is 2. The molecule has 0 saturated carbocycles. The van der Waals surface area contributed by atoms with Gasteiger partial charge in [-0.2, -0.15) is 5.10 Å². The number of aliphatic carboxylic acids is 1. The number of benzene rings is 1. The van der Waals surface area contributed by atoms with Gasteiger partial charge in [-0.15, -0.1) is 0 Å². The van der Waals surface area contributed by atoms with Crippen LogP contribution in [-0.4, -0.2) is 36.6 Å². The van der Waals surface area contributed by atoms with Gasteiger partial charge in [-0.3, -0.25) is 13.7 Å². The summed E-state index contributed by atoms with van der Waals surface area (Å²) >= 11 is 0. The Balaban J connectivity index is 0.000000298. The van der Waals surface area contributed by atoms with Crippen LogP contribution in [0.3, 0.4) is 0 Å². The van der Waals surface area contributed by atoms with Gasteiger partial charge < -0.3 is 5.11 Å². The second-order valence-corrected chi connectivity index (χ2v) is 11.7. The third-order valence-electron chi connectivity index (χ3n) is 6.06. The molecule has 4 unspecified atom stereocenters. The van der Waals surface area contributed by atoms with Crippen LogP contribution in [0.25, 0.3) is 0 Å². The number of aromatic nitrogens is 2. The molecule has 2 aliphatic carbocycles. The predicted octanol–water partition coefficient (Wildman–Crippen LogP) is 7.27. The van der Waals surface area contributed by atoms with E-state index in [0.29, 0.717) is 11.8 Å². The van der Waals surface area contributed by atoms with Crippen LogP contribution in [0.1, 0.15) is 101 Å². The molecule has 5 nitrogen and oxygen atoms in total. The predicted molar refractivity (Wildman–Crippen MR) is 153 cm³/mol. The van der Waals surface area contributed by atoms with Crippen molar-refractivity contribution in [3.8, 4) is 0 Å². The van der Waals surface area contributed by atoms with E-state index in [0.717, 1.165) is 37.3 Å². The molecule has 0 aliphatic heterocycles. The summed E-state index contributed by atoms with van der Waals surface area (Å²) in [4.78, 5) is 10.6. The summed E-state index contributed by atoms with van der Waals surface area (Å²) in [6, 6.07) is 8.67. The zero-order valence-corrected chi connectivity index (χ0v) is 24.5. The van der Waals surface area contributed by atoms with Crippen LogP contribution in [0.2, 0.25) is 0 Å². The average Bonchev–Trinajstić information content (AvgIpc) is 3.24. The van der Waals surface area contributed by atoms with Crippen molar-refractivity contribution in [3.05, 3.63) is 65.0 Å². The maximum absolute atomic E-state index is 11.4. The summed E-state index contributed by atoms with van der Waals surface area (Å²) in [6.07, 6.45) is 13.4. The van der Waals surface area contributed by atoms with Crippen LogP contribution in [-0.2, 0) is 28.6 Å². The lowest BCUT2D eigenvalue weighted by molar-refractivity contribution is -0.137. The zero-order valence-electron chi connectivity index (χ0n) is 23.7. The highest BCUT2D eigenvalue weighted by molar-refractivity contribution is 7.85. The Morgan fingerprint density at radius 1 is 1.17 bits per heavy atom. The number of carboxylic acids is 1. The highest BCUT2D eigenvalue weighted by Crippen LogP contribution is 2.31. The van der Waals surface area contributed by atoms with E-state index in [1.807, 2.05) is 20.0 Å². The Kier molecular flexibility index (Phi) is 14.6. The fraction of sp³-hybridized carbons (Fsp3) is 0.600. The molecule has 202 valence electrons. The van der Waals surface area contributed by atoms with Crippen LogP contribution < -0.4 is 0 Å². The highest BCUT2D eigenvalue weighted by Gasteiger charge is 2.21. The number of rotatable bonds is 4. The fourth-order valence-corrected chi connectivity index (χ4v) is 5.14. The summed E-state index contributed by atoms with van der Waals surface area (Å²) in [5, 5.41) is 13.1. The van der Waals surface area contributed by atoms with E-state index in [4.69, 9.17) is 5.11 Å². The molecule has 1 N–H and O–H groups in total. The van der Waals surface area contributed by atoms with E-state index >= 15 is 0 Å². The van der Waals surface area contributed by atoms with Crippen molar-refractivity contribution >= 4 is 16.8 Å². The van der Waals surface area contributed by atoms with Crippen molar-refractivity contribution in [1.82, 2.24) is 9.78 Å². The SMILES string of the molecule is CC.CC(C)C.CC1CCCc2c1cnn2CC(=O)O.Cc1cccc(C2C=CC(S(C)=O)CC2)c1. The van der Waals surface area contributed by atoms with Crippen LogP contribution in [0.15, 0.2) is 42.6 Å². The molecule has 0 amide bonds. The van der Waals surface area contributed by atoms with Crippen molar-refractivity contribution in [3.63, 3.8) is 0 Å². The first-order valence-electron chi connectivity index (χ1n) is 13.4. The molecule has 2 aliphatic rings. The van der Waals surface area contributed by atoms with Crippen molar-refractivity contribution in [2.45, 2.75) is 104 Å². The number of aryl methyl sites for hydroxylation is 1. The van der Waals surface area contributed by atoms with Gasteiger partial charge in [0.05, 0.1) is 11.4 Å². The molecule has 36 heavy (non-hydrogen) atoms. The first kappa shape index (κ1) is 31.8. The topological polar surface area (TPSA) is 72.2 Å². The van der Waals surface area contributed by atoms with Crippen LogP contribution in [0.5, 0.6) is 0 Å². The molecule has 4 rings (SSSR count). The van der Waals surface area contributed by atoms with E-state index in [1.165, 1.54) is 23.1 Å². The largest absolute Gasteiger partial charge is 0.480 e. The number of hydrogen-bond acceptors (Lipinski definition) is 3. The summed E-state index contributed by atoms with van der Waals surface area (Å²) in [6.45, 7) is 14.8. The Hall–Kier alpha value is -2.21. The maximum atomic E-state index is 11.4. The highest BCUT2D eigenvalue weighted by atomic mass is 32.2. The van der Waals surface area contributed by atoms with Crippen LogP contribution in [0, 0.1) is 12.8 Å². The van der Waals surface area contributed by atoms with Crippen molar-refractivity contribution < 1.29 is 14.1 Å². The van der Waals surface area contributed by atoms with Gasteiger partial charge in [0.2, 0.25) is 0 Å². The molecule has 0 radical (unpaired) electrons.